The fourth-order valence-corrected chi connectivity index (χ4v) is 1.68. The summed E-state index contributed by atoms with van der Waals surface area (Å²) < 4.78 is 0. The Labute approximate surface area is 97.1 Å². The molecule has 3 nitrogen and oxygen atoms in total. The normalized spacial score (nSPS) is 13.2. The van der Waals surface area contributed by atoms with E-state index in [1.165, 1.54) is 0 Å². The standard InChI is InChI=1S/C13H19N3/c1-9(16)12-5-4-11(6-10(12)7-14)13(2,3)8-15/h4-6,9H,7,14,16H2,1-3H3. The highest BCUT2D eigenvalue weighted by Crippen LogP contribution is 2.26. The molecule has 86 valence electrons. The zero-order valence-corrected chi connectivity index (χ0v) is 10.1. The molecule has 0 spiro atoms. The summed E-state index contributed by atoms with van der Waals surface area (Å²) in [6.07, 6.45) is 0. The first kappa shape index (κ1) is 12.7. The molecule has 0 aliphatic heterocycles. The third-order valence-electron chi connectivity index (χ3n) is 2.85. The molecule has 1 aromatic carbocycles. The second-order valence-corrected chi connectivity index (χ2v) is 4.64. The van der Waals surface area contributed by atoms with Gasteiger partial charge in [-0.1, -0.05) is 18.2 Å². The van der Waals surface area contributed by atoms with E-state index in [0.717, 1.165) is 16.7 Å². The van der Waals surface area contributed by atoms with Crippen LogP contribution in [0.4, 0.5) is 0 Å². The first-order chi connectivity index (χ1) is 7.42. The van der Waals surface area contributed by atoms with Gasteiger partial charge in [-0.05, 0) is 37.5 Å². The lowest BCUT2D eigenvalue weighted by Gasteiger charge is -2.19. The highest BCUT2D eigenvalue weighted by Gasteiger charge is 2.20. The van der Waals surface area contributed by atoms with Crippen molar-refractivity contribution >= 4 is 0 Å². The van der Waals surface area contributed by atoms with Crippen LogP contribution in [-0.2, 0) is 12.0 Å². The quantitative estimate of drug-likeness (QED) is 0.812. The predicted molar refractivity (Wildman–Crippen MR) is 65.6 cm³/mol. The Morgan fingerprint density at radius 1 is 1.44 bits per heavy atom. The van der Waals surface area contributed by atoms with Crippen molar-refractivity contribution in [3.63, 3.8) is 0 Å². The number of nitrogens with two attached hydrogens (primary N) is 2. The molecular weight excluding hydrogens is 198 g/mol. The zero-order chi connectivity index (χ0) is 12.3. The highest BCUT2D eigenvalue weighted by atomic mass is 14.6. The molecule has 0 aromatic heterocycles. The van der Waals surface area contributed by atoms with Gasteiger partial charge in [0.05, 0.1) is 11.5 Å². The SMILES string of the molecule is CC(N)c1ccc(C(C)(C)C#N)cc1CN. The van der Waals surface area contributed by atoms with Crippen molar-refractivity contribution in [3.8, 4) is 6.07 Å². The predicted octanol–water partition coefficient (Wildman–Crippen LogP) is 1.97. The summed E-state index contributed by atoms with van der Waals surface area (Å²) in [5.41, 5.74) is 14.1. The van der Waals surface area contributed by atoms with Crippen LogP contribution in [0.2, 0.25) is 0 Å². The minimum atomic E-state index is -0.486. The van der Waals surface area contributed by atoms with Crippen LogP contribution in [0, 0.1) is 11.3 Å². The van der Waals surface area contributed by atoms with Gasteiger partial charge in [-0.3, -0.25) is 0 Å². The molecule has 3 heteroatoms. The molecule has 0 saturated carbocycles. The van der Waals surface area contributed by atoms with Crippen LogP contribution in [0.25, 0.3) is 0 Å². The minimum absolute atomic E-state index is 0.0298. The third kappa shape index (κ3) is 2.41. The van der Waals surface area contributed by atoms with Crippen LogP contribution in [-0.4, -0.2) is 0 Å². The Balaban J connectivity index is 3.26. The van der Waals surface area contributed by atoms with E-state index in [2.05, 4.69) is 6.07 Å². The second-order valence-electron chi connectivity index (χ2n) is 4.64. The lowest BCUT2D eigenvalue weighted by molar-refractivity contribution is 0.682. The van der Waals surface area contributed by atoms with E-state index in [1.54, 1.807) is 0 Å². The summed E-state index contributed by atoms with van der Waals surface area (Å²) >= 11 is 0. The summed E-state index contributed by atoms with van der Waals surface area (Å²) in [4.78, 5) is 0. The summed E-state index contributed by atoms with van der Waals surface area (Å²) in [6, 6.07) is 8.18. The minimum Gasteiger partial charge on any atom is -0.326 e. The van der Waals surface area contributed by atoms with Crippen molar-refractivity contribution in [1.29, 1.82) is 5.26 Å². The highest BCUT2D eigenvalue weighted by molar-refractivity contribution is 5.39. The maximum absolute atomic E-state index is 9.08. The fraction of sp³-hybridized carbons (Fsp3) is 0.462. The van der Waals surface area contributed by atoms with E-state index in [0.29, 0.717) is 6.54 Å². The number of nitriles is 1. The van der Waals surface area contributed by atoms with E-state index >= 15 is 0 Å². The zero-order valence-electron chi connectivity index (χ0n) is 10.1. The van der Waals surface area contributed by atoms with Gasteiger partial charge in [-0.2, -0.15) is 5.26 Å². The monoisotopic (exact) mass is 217 g/mol. The van der Waals surface area contributed by atoms with E-state index in [4.69, 9.17) is 16.7 Å². The van der Waals surface area contributed by atoms with Gasteiger partial charge in [0.15, 0.2) is 0 Å². The van der Waals surface area contributed by atoms with E-state index in [-0.39, 0.29) is 6.04 Å². The maximum atomic E-state index is 9.08. The Morgan fingerprint density at radius 3 is 2.50 bits per heavy atom. The maximum Gasteiger partial charge on any atom is 0.0766 e. The summed E-state index contributed by atoms with van der Waals surface area (Å²) in [6.45, 7) is 6.18. The van der Waals surface area contributed by atoms with Crippen LogP contribution >= 0.6 is 0 Å². The fourth-order valence-electron chi connectivity index (χ4n) is 1.68. The molecule has 0 aliphatic rings. The number of benzene rings is 1. The molecule has 0 radical (unpaired) electrons. The van der Waals surface area contributed by atoms with Gasteiger partial charge < -0.3 is 11.5 Å². The molecule has 0 saturated heterocycles. The second kappa shape index (κ2) is 4.65. The molecule has 0 bridgehead atoms. The lowest BCUT2D eigenvalue weighted by atomic mass is 9.84. The van der Waals surface area contributed by atoms with Gasteiger partial charge in [-0.15, -0.1) is 0 Å². The van der Waals surface area contributed by atoms with E-state index < -0.39 is 5.41 Å². The van der Waals surface area contributed by atoms with Crippen molar-refractivity contribution in [2.75, 3.05) is 0 Å². The molecule has 4 N–H and O–H groups in total. The Bertz CT molecular complexity index is 414. The Morgan fingerprint density at radius 2 is 2.06 bits per heavy atom. The van der Waals surface area contributed by atoms with Gasteiger partial charge in [0.1, 0.15) is 0 Å². The van der Waals surface area contributed by atoms with E-state index in [1.807, 2.05) is 39.0 Å². The van der Waals surface area contributed by atoms with Crippen molar-refractivity contribution in [2.24, 2.45) is 11.5 Å². The number of hydrogen-bond donors (Lipinski definition) is 2. The molecule has 1 atom stereocenters. The molecule has 0 heterocycles. The number of rotatable bonds is 3. The van der Waals surface area contributed by atoms with Crippen LogP contribution in [0.5, 0.6) is 0 Å². The summed E-state index contributed by atoms with van der Waals surface area (Å²) in [7, 11) is 0. The van der Waals surface area contributed by atoms with Crippen molar-refractivity contribution in [2.45, 2.75) is 38.8 Å². The molecule has 0 fully saturated rings. The van der Waals surface area contributed by atoms with Gasteiger partial charge >= 0.3 is 0 Å². The van der Waals surface area contributed by atoms with Crippen LogP contribution in [0.3, 0.4) is 0 Å². The molecule has 0 amide bonds. The third-order valence-corrected chi connectivity index (χ3v) is 2.85. The molecule has 16 heavy (non-hydrogen) atoms. The Kier molecular flexibility index (Phi) is 3.69. The first-order valence-electron chi connectivity index (χ1n) is 5.42. The molecule has 1 aromatic rings. The van der Waals surface area contributed by atoms with Crippen molar-refractivity contribution in [1.82, 2.24) is 0 Å². The molecule has 0 aliphatic carbocycles. The lowest BCUT2D eigenvalue weighted by Crippen LogP contribution is -2.17. The van der Waals surface area contributed by atoms with Crippen molar-refractivity contribution in [3.05, 3.63) is 34.9 Å². The van der Waals surface area contributed by atoms with Gasteiger partial charge in [-0.25, -0.2) is 0 Å². The first-order valence-corrected chi connectivity index (χ1v) is 5.42. The van der Waals surface area contributed by atoms with Crippen LogP contribution in [0.1, 0.15) is 43.5 Å². The molecule has 1 unspecified atom stereocenters. The average molecular weight is 217 g/mol. The smallest absolute Gasteiger partial charge is 0.0766 e. The van der Waals surface area contributed by atoms with Crippen LogP contribution in [0.15, 0.2) is 18.2 Å². The van der Waals surface area contributed by atoms with Crippen molar-refractivity contribution < 1.29 is 0 Å². The largest absolute Gasteiger partial charge is 0.326 e. The van der Waals surface area contributed by atoms with Gasteiger partial charge in [0.25, 0.3) is 0 Å². The number of nitrogens with zero attached hydrogens (tertiary/aromatic N) is 1. The average Bonchev–Trinajstić information content (AvgIpc) is 2.27. The summed E-state index contributed by atoms with van der Waals surface area (Å²) in [5, 5.41) is 9.08. The molecular formula is C13H19N3. The number of hydrogen-bond acceptors (Lipinski definition) is 3. The topological polar surface area (TPSA) is 75.8 Å². The van der Waals surface area contributed by atoms with Crippen LogP contribution < -0.4 is 11.5 Å². The van der Waals surface area contributed by atoms with E-state index in [9.17, 15) is 0 Å². The molecule has 1 rings (SSSR count). The van der Waals surface area contributed by atoms with Gasteiger partial charge in [0, 0.05) is 12.6 Å². The summed E-state index contributed by atoms with van der Waals surface area (Å²) in [5.74, 6) is 0. The van der Waals surface area contributed by atoms with Gasteiger partial charge in [0.2, 0.25) is 0 Å². The Hall–Kier alpha value is -1.37.